The standard InChI is InChI=1S/C21H23FN6S/c1-26(16-9-7-15(22)8-10-16)13-12-20-25-28(21(29)27(20)2)14-11-19-23-17-5-3-4-6-18(17)24-19/h3-10H,11-14H2,1-2H3,(H,23,24). The molecule has 8 heteroatoms. The smallest absolute Gasteiger partial charge is 0.197 e. The molecule has 2 aromatic carbocycles. The molecule has 1 N–H and O–H groups in total. The second-order valence-electron chi connectivity index (χ2n) is 7.08. The molecule has 2 heterocycles. The molecule has 0 atom stereocenters. The average molecular weight is 411 g/mol. The van der Waals surface area contributed by atoms with E-state index < -0.39 is 0 Å². The second-order valence-corrected chi connectivity index (χ2v) is 7.44. The summed E-state index contributed by atoms with van der Waals surface area (Å²) in [5.74, 6) is 1.62. The molecule has 0 saturated carbocycles. The minimum Gasteiger partial charge on any atom is -0.374 e. The third-order valence-electron chi connectivity index (χ3n) is 5.07. The summed E-state index contributed by atoms with van der Waals surface area (Å²) in [5, 5.41) is 4.71. The molecule has 6 nitrogen and oxygen atoms in total. The first-order valence-electron chi connectivity index (χ1n) is 9.54. The Morgan fingerprint density at radius 3 is 2.62 bits per heavy atom. The highest BCUT2D eigenvalue weighted by molar-refractivity contribution is 7.71. The topological polar surface area (TPSA) is 54.7 Å². The van der Waals surface area contributed by atoms with Gasteiger partial charge in [-0.05, 0) is 48.6 Å². The van der Waals surface area contributed by atoms with Gasteiger partial charge in [0.25, 0.3) is 0 Å². The monoisotopic (exact) mass is 410 g/mol. The third-order valence-corrected chi connectivity index (χ3v) is 5.55. The van der Waals surface area contributed by atoms with Gasteiger partial charge in [0, 0.05) is 39.2 Å². The number of nitrogens with zero attached hydrogens (tertiary/aromatic N) is 5. The quantitative estimate of drug-likeness (QED) is 0.470. The van der Waals surface area contributed by atoms with Crippen molar-refractivity contribution in [2.75, 3.05) is 18.5 Å². The van der Waals surface area contributed by atoms with E-state index in [1.807, 2.05) is 47.6 Å². The Morgan fingerprint density at radius 1 is 1.10 bits per heavy atom. The number of halogens is 1. The number of hydrogen-bond donors (Lipinski definition) is 1. The lowest BCUT2D eigenvalue weighted by atomic mass is 10.2. The van der Waals surface area contributed by atoms with E-state index in [9.17, 15) is 4.39 Å². The first-order chi connectivity index (χ1) is 14.0. The Kier molecular flexibility index (Phi) is 5.44. The van der Waals surface area contributed by atoms with Crippen LogP contribution in [0.1, 0.15) is 11.6 Å². The minimum absolute atomic E-state index is 0.229. The summed E-state index contributed by atoms with van der Waals surface area (Å²) in [4.78, 5) is 10.0. The van der Waals surface area contributed by atoms with E-state index >= 15 is 0 Å². The van der Waals surface area contributed by atoms with Crippen molar-refractivity contribution in [3.8, 4) is 0 Å². The Morgan fingerprint density at radius 2 is 1.86 bits per heavy atom. The van der Waals surface area contributed by atoms with E-state index in [2.05, 4.69) is 14.9 Å². The summed E-state index contributed by atoms with van der Waals surface area (Å²) < 4.78 is 17.6. The molecule has 0 spiro atoms. The molecule has 0 radical (unpaired) electrons. The number of anilines is 1. The molecular formula is C21H23FN6S. The van der Waals surface area contributed by atoms with Gasteiger partial charge in [-0.2, -0.15) is 5.10 Å². The van der Waals surface area contributed by atoms with Crippen molar-refractivity contribution in [1.29, 1.82) is 0 Å². The van der Waals surface area contributed by atoms with Gasteiger partial charge in [0.15, 0.2) is 4.77 Å². The van der Waals surface area contributed by atoms with Gasteiger partial charge in [-0.1, -0.05) is 12.1 Å². The van der Waals surface area contributed by atoms with Crippen LogP contribution >= 0.6 is 12.2 Å². The fraction of sp³-hybridized carbons (Fsp3) is 0.286. The number of rotatable bonds is 7. The Balaban J connectivity index is 1.41. The Hall–Kier alpha value is -3.00. The zero-order valence-electron chi connectivity index (χ0n) is 16.5. The van der Waals surface area contributed by atoms with Crippen molar-refractivity contribution in [3.63, 3.8) is 0 Å². The SMILES string of the molecule is CN(CCc1nn(CCc2nc3ccccc3[nH]2)c(=S)n1C)c1ccc(F)cc1. The van der Waals surface area contributed by atoms with Crippen LogP contribution in [0, 0.1) is 10.6 Å². The number of aromatic nitrogens is 5. The predicted molar refractivity (Wildman–Crippen MR) is 115 cm³/mol. The first-order valence-corrected chi connectivity index (χ1v) is 9.95. The van der Waals surface area contributed by atoms with E-state index in [-0.39, 0.29) is 5.82 Å². The van der Waals surface area contributed by atoms with Crippen molar-refractivity contribution in [3.05, 3.63) is 70.8 Å². The molecular weight excluding hydrogens is 387 g/mol. The number of hydrogen-bond acceptors (Lipinski definition) is 4. The van der Waals surface area contributed by atoms with Crippen LogP contribution in [-0.2, 0) is 26.4 Å². The molecule has 0 saturated heterocycles. The summed E-state index contributed by atoms with van der Waals surface area (Å²) >= 11 is 5.56. The lowest BCUT2D eigenvalue weighted by molar-refractivity contribution is 0.586. The zero-order valence-corrected chi connectivity index (χ0v) is 17.3. The maximum absolute atomic E-state index is 13.1. The number of H-pyrrole nitrogens is 1. The van der Waals surface area contributed by atoms with Crippen molar-refractivity contribution in [1.82, 2.24) is 24.3 Å². The van der Waals surface area contributed by atoms with E-state index in [0.29, 0.717) is 11.3 Å². The van der Waals surface area contributed by atoms with Gasteiger partial charge in [-0.3, -0.25) is 0 Å². The van der Waals surface area contributed by atoms with Gasteiger partial charge in [-0.15, -0.1) is 0 Å². The average Bonchev–Trinajstić information content (AvgIpc) is 3.26. The highest BCUT2D eigenvalue weighted by Crippen LogP contribution is 2.14. The van der Waals surface area contributed by atoms with E-state index in [0.717, 1.165) is 47.8 Å². The van der Waals surface area contributed by atoms with Crippen LogP contribution in [-0.4, -0.2) is 37.9 Å². The molecule has 29 heavy (non-hydrogen) atoms. The normalized spacial score (nSPS) is 11.3. The van der Waals surface area contributed by atoms with E-state index in [1.165, 1.54) is 12.1 Å². The molecule has 0 amide bonds. The molecule has 2 aromatic heterocycles. The molecule has 0 aliphatic rings. The summed E-state index contributed by atoms with van der Waals surface area (Å²) in [6.45, 7) is 1.43. The fourth-order valence-electron chi connectivity index (χ4n) is 3.32. The molecule has 150 valence electrons. The van der Waals surface area contributed by atoms with Crippen molar-refractivity contribution in [2.45, 2.75) is 19.4 Å². The number of benzene rings is 2. The Labute approximate surface area is 173 Å². The van der Waals surface area contributed by atoms with Gasteiger partial charge in [0.2, 0.25) is 0 Å². The van der Waals surface area contributed by atoms with Crippen LogP contribution in [0.3, 0.4) is 0 Å². The van der Waals surface area contributed by atoms with Gasteiger partial charge in [0.05, 0.1) is 17.6 Å². The number of fused-ring (bicyclic) bond motifs is 1. The van der Waals surface area contributed by atoms with Crippen LogP contribution in [0.5, 0.6) is 0 Å². The fourth-order valence-corrected chi connectivity index (χ4v) is 3.56. The molecule has 0 aliphatic heterocycles. The minimum atomic E-state index is -0.229. The van der Waals surface area contributed by atoms with Crippen molar-refractivity contribution < 1.29 is 4.39 Å². The molecule has 0 fully saturated rings. The van der Waals surface area contributed by atoms with Crippen LogP contribution in [0.2, 0.25) is 0 Å². The lowest BCUT2D eigenvalue weighted by Gasteiger charge is -2.18. The second kappa shape index (κ2) is 8.16. The summed E-state index contributed by atoms with van der Waals surface area (Å²) in [7, 11) is 3.93. The number of para-hydroxylation sites is 2. The third kappa shape index (κ3) is 4.22. The lowest BCUT2D eigenvalue weighted by Crippen LogP contribution is -2.21. The van der Waals surface area contributed by atoms with Crippen LogP contribution in [0.25, 0.3) is 11.0 Å². The van der Waals surface area contributed by atoms with E-state index in [4.69, 9.17) is 17.3 Å². The van der Waals surface area contributed by atoms with Crippen LogP contribution in [0.4, 0.5) is 10.1 Å². The predicted octanol–water partition coefficient (Wildman–Crippen LogP) is 3.89. The largest absolute Gasteiger partial charge is 0.374 e. The molecule has 4 aromatic rings. The van der Waals surface area contributed by atoms with Gasteiger partial charge in [-0.25, -0.2) is 14.1 Å². The van der Waals surface area contributed by atoms with Gasteiger partial charge >= 0.3 is 0 Å². The van der Waals surface area contributed by atoms with Gasteiger partial charge in [0.1, 0.15) is 17.5 Å². The van der Waals surface area contributed by atoms with Crippen molar-refractivity contribution in [2.24, 2.45) is 7.05 Å². The van der Waals surface area contributed by atoms with Crippen LogP contribution in [0.15, 0.2) is 48.5 Å². The molecule has 0 aliphatic carbocycles. The molecule has 4 rings (SSSR count). The number of aryl methyl sites for hydroxylation is 2. The summed E-state index contributed by atoms with van der Waals surface area (Å²) in [5.41, 5.74) is 2.98. The maximum atomic E-state index is 13.1. The summed E-state index contributed by atoms with van der Waals surface area (Å²) in [6, 6.07) is 14.5. The molecule has 0 unspecified atom stereocenters. The number of nitrogens with one attached hydrogen (secondary N) is 1. The number of imidazole rings is 1. The zero-order chi connectivity index (χ0) is 20.4. The maximum Gasteiger partial charge on any atom is 0.197 e. The summed E-state index contributed by atoms with van der Waals surface area (Å²) in [6.07, 6.45) is 1.47. The number of likely N-dealkylation sites (N-methyl/N-ethyl adjacent to an activating group) is 1. The highest BCUT2D eigenvalue weighted by Gasteiger charge is 2.11. The Bertz CT molecular complexity index is 1140. The van der Waals surface area contributed by atoms with Crippen molar-refractivity contribution >= 4 is 28.9 Å². The van der Waals surface area contributed by atoms with Gasteiger partial charge < -0.3 is 14.5 Å². The molecule has 0 bridgehead atoms. The first kappa shape index (κ1) is 19.3. The highest BCUT2D eigenvalue weighted by atomic mass is 32.1. The van der Waals surface area contributed by atoms with E-state index in [1.54, 1.807) is 12.1 Å². The van der Waals surface area contributed by atoms with Crippen LogP contribution < -0.4 is 4.90 Å². The number of aromatic amines is 1.